The van der Waals surface area contributed by atoms with Crippen molar-refractivity contribution < 1.29 is 0 Å². The third-order valence-electron chi connectivity index (χ3n) is 3.39. The van der Waals surface area contributed by atoms with Crippen molar-refractivity contribution in [2.24, 2.45) is 11.8 Å². The molecule has 0 aromatic heterocycles. The van der Waals surface area contributed by atoms with E-state index >= 15 is 0 Å². The highest BCUT2D eigenvalue weighted by Gasteiger charge is 2.19. The lowest BCUT2D eigenvalue weighted by Gasteiger charge is -2.16. The van der Waals surface area contributed by atoms with Crippen LogP contribution in [-0.4, -0.2) is 11.5 Å². The minimum atomic E-state index is 0.0554. The van der Waals surface area contributed by atoms with Gasteiger partial charge in [0.1, 0.15) is 6.17 Å². The van der Waals surface area contributed by atoms with E-state index in [0.717, 1.165) is 31.4 Å². The number of hydrogen-bond donors (Lipinski definition) is 2. The molecule has 0 aromatic carbocycles. The second kappa shape index (κ2) is 8.58. The highest BCUT2D eigenvalue weighted by Crippen LogP contribution is 2.22. The molecule has 0 saturated carbocycles. The standard InChI is InChI=1S/C16H22N2S/c1-4-8-14(10-7-9-13(5-2)6-3)15-11-17-16(12-19)18-15/h2,8,11-14,16-18H,1,6-7,9-10H2,3H3. The summed E-state index contributed by atoms with van der Waals surface area (Å²) in [6.45, 7) is 5.81. The van der Waals surface area contributed by atoms with E-state index < -0.39 is 0 Å². The Morgan fingerprint density at radius 3 is 2.89 bits per heavy atom. The third-order valence-corrected chi connectivity index (χ3v) is 3.66. The van der Waals surface area contributed by atoms with Gasteiger partial charge in [0.25, 0.3) is 0 Å². The van der Waals surface area contributed by atoms with Gasteiger partial charge in [0.05, 0.1) is 0 Å². The molecule has 1 aliphatic heterocycles. The Kier molecular flexibility index (Phi) is 7.03. The van der Waals surface area contributed by atoms with Gasteiger partial charge in [0, 0.05) is 29.1 Å². The Morgan fingerprint density at radius 2 is 2.37 bits per heavy atom. The van der Waals surface area contributed by atoms with Crippen LogP contribution in [0.25, 0.3) is 0 Å². The number of allylic oxidation sites excluding steroid dienone is 1. The molecule has 3 heteroatoms. The highest BCUT2D eigenvalue weighted by molar-refractivity contribution is 7.79. The molecule has 0 aromatic rings. The van der Waals surface area contributed by atoms with Crippen molar-refractivity contribution >= 4 is 17.6 Å². The van der Waals surface area contributed by atoms with E-state index in [-0.39, 0.29) is 6.17 Å². The van der Waals surface area contributed by atoms with Gasteiger partial charge in [-0.1, -0.05) is 32.1 Å². The molecule has 19 heavy (non-hydrogen) atoms. The molecule has 2 N–H and O–H groups in total. The second-order valence-electron chi connectivity index (χ2n) is 4.70. The van der Waals surface area contributed by atoms with Gasteiger partial charge in [-0.15, -0.1) is 18.1 Å². The summed E-state index contributed by atoms with van der Waals surface area (Å²) < 4.78 is 0. The van der Waals surface area contributed by atoms with Gasteiger partial charge in [-0.3, -0.25) is 0 Å². The number of thiocarbonyl (C=S) groups is 1. The van der Waals surface area contributed by atoms with Gasteiger partial charge >= 0.3 is 0 Å². The quantitative estimate of drug-likeness (QED) is 0.404. The van der Waals surface area contributed by atoms with Crippen LogP contribution < -0.4 is 10.6 Å². The molecule has 0 saturated heterocycles. The molecule has 0 fully saturated rings. The minimum absolute atomic E-state index is 0.0554. The van der Waals surface area contributed by atoms with Crippen LogP contribution in [0.5, 0.6) is 0 Å². The zero-order valence-corrected chi connectivity index (χ0v) is 12.3. The molecule has 0 amide bonds. The summed E-state index contributed by atoms with van der Waals surface area (Å²) in [5.41, 5.74) is 4.03. The Hall–Kier alpha value is -1.49. The summed E-state index contributed by atoms with van der Waals surface area (Å²) in [6.07, 6.45) is 13.8. The van der Waals surface area contributed by atoms with Gasteiger partial charge in [0.15, 0.2) is 0 Å². The van der Waals surface area contributed by atoms with Crippen LogP contribution >= 0.6 is 12.2 Å². The minimum Gasteiger partial charge on any atom is -0.366 e. The predicted octanol–water partition coefficient (Wildman–Crippen LogP) is 3.13. The zero-order chi connectivity index (χ0) is 14.1. The van der Waals surface area contributed by atoms with E-state index in [1.807, 2.05) is 12.3 Å². The Morgan fingerprint density at radius 1 is 1.58 bits per heavy atom. The lowest BCUT2D eigenvalue weighted by molar-refractivity contribution is 0.505. The van der Waals surface area contributed by atoms with Crippen LogP contribution in [0.4, 0.5) is 0 Å². The maximum Gasteiger partial charge on any atom is 0.126 e. The molecule has 1 heterocycles. The van der Waals surface area contributed by atoms with Crippen LogP contribution in [0, 0.1) is 24.2 Å². The lowest BCUT2D eigenvalue weighted by Crippen LogP contribution is -2.33. The second-order valence-corrected chi connectivity index (χ2v) is 4.98. The first-order valence-electron chi connectivity index (χ1n) is 6.75. The summed E-state index contributed by atoms with van der Waals surface area (Å²) >= 11 is 4.93. The van der Waals surface area contributed by atoms with Crippen molar-refractivity contribution in [3.8, 4) is 12.3 Å². The van der Waals surface area contributed by atoms with E-state index in [0.29, 0.717) is 11.8 Å². The molecule has 3 unspecified atom stereocenters. The molecular formula is C16H22N2S. The first-order valence-corrected chi connectivity index (χ1v) is 7.22. The van der Waals surface area contributed by atoms with E-state index in [4.69, 9.17) is 18.6 Å². The van der Waals surface area contributed by atoms with Crippen molar-refractivity contribution in [2.45, 2.75) is 38.8 Å². The van der Waals surface area contributed by atoms with Crippen molar-refractivity contribution in [1.29, 1.82) is 0 Å². The van der Waals surface area contributed by atoms with Crippen molar-refractivity contribution in [3.63, 3.8) is 0 Å². The Balaban J connectivity index is 2.48. The normalized spacial score (nSPS) is 20.0. The van der Waals surface area contributed by atoms with Crippen LogP contribution in [0.3, 0.4) is 0 Å². The van der Waals surface area contributed by atoms with Crippen LogP contribution in [0.15, 0.2) is 30.3 Å². The average Bonchev–Trinajstić information content (AvgIpc) is 2.91. The molecule has 102 valence electrons. The van der Waals surface area contributed by atoms with Crippen molar-refractivity contribution in [2.75, 3.05) is 0 Å². The van der Waals surface area contributed by atoms with Crippen LogP contribution in [0.1, 0.15) is 32.6 Å². The van der Waals surface area contributed by atoms with Gasteiger partial charge < -0.3 is 10.6 Å². The highest BCUT2D eigenvalue weighted by atomic mass is 32.1. The molecule has 1 rings (SSSR count). The SMILES string of the molecule is C#CC(CC)CCCC(C=C=C)C1=CNC(C=S)N1. The molecule has 3 atom stereocenters. The lowest BCUT2D eigenvalue weighted by atomic mass is 9.94. The third kappa shape index (κ3) is 4.95. The average molecular weight is 274 g/mol. The summed E-state index contributed by atoms with van der Waals surface area (Å²) in [7, 11) is 0. The molecular weight excluding hydrogens is 252 g/mol. The zero-order valence-electron chi connectivity index (χ0n) is 11.5. The smallest absolute Gasteiger partial charge is 0.126 e. The summed E-state index contributed by atoms with van der Waals surface area (Å²) in [6, 6.07) is 0. The summed E-state index contributed by atoms with van der Waals surface area (Å²) in [5, 5.41) is 8.21. The fourth-order valence-corrected chi connectivity index (χ4v) is 2.34. The molecule has 1 aliphatic rings. The Bertz CT molecular complexity index is 413. The summed E-state index contributed by atoms with van der Waals surface area (Å²) in [5.74, 6) is 3.54. The molecule has 2 nitrogen and oxygen atoms in total. The maximum absolute atomic E-state index is 5.49. The van der Waals surface area contributed by atoms with E-state index in [9.17, 15) is 0 Å². The largest absolute Gasteiger partial charge is 0.366 e. The van der Waals surface area contributed by atoms with Gasteiger partial charge in [-0.2, -0.15) is 0 Å². The topological polar surface area (TPSA) is 24.1 Å². The number of hydrogen-bond acceptors (Lipinski definition) is 3. The number of nitrogens with one attached hydrogen (secondary N) is 2. The molecule has 0 spiro atoms. The number of terminal acetylenes is 1. The monoisotopic (exact) mass is 274 g/mol. The van der Waals surface area contributed by atoms with E-state index in [1.165, 1.54) is 0 Å². The van der Waals surface area contributed by atoms with Crippen LogP contribution in [0.2, 0.25) is 0 Å². The van der Waals surface area contributed by atoms with Crippen molar-refractivity contribution in [1.82, 2.24) is 10.6 Å². The summed E-state index contributed by atoms with van der Waals surface area (Å²) in [4.78, 5) is 0. The van der Waals surface area contributed by atoms with Gasteiger partial charge in [-0.25, -0.2) is 0 Å². The number of rotatable bonds is 8. The molecule has 0 bridgehead atoms. The predicted molar refractivity (Wildman–Crippen MR) is 85.5 cm³/mol. The van der Waals surface area contributed by atoms with E-state index in [1.54, 1.807) is 5.37 Å². The fraction of sp³-hybridized carbons (Fsp3) is 0.500. The van der Waals surface area contributed by atoms with Crippen LogP contribution in [-0.2, 0) is 0 Å². The van der Waals surface area contributed by atoms with Crippen molar-refractivity contribution in [3.05, 3.63) is 30.3 Å². The maximum atomic E-state index is 5.49. The first-order chi connectivity index (χ1) is 9.24. The molecule has 0 aliphatic carbocycles. The first kappa shape index (κ1) is 15.6. The molecule has 0 radical (unpaired) electrons. The fourth-order valence-electron chi connectivity index (χ4n) is 2.19. The Labute approximate surface area is 122 Å². The van der Waals surface area contributed by atoms with E-state index in [2.05, 4.69) is 35.8 Å². The van der Waals surface area contributed by atoms with Gasteiger partial charge in [-0.05, 0) is 25.3 Å². The van der Waals surface area contributed by atoms with Gasteiger partial charge in [0.2, 0.25) is 0 Å².